The monoisotopic (exact) mass is 286 g/mol. The Labute approximate surface area is 125 Å². The van der Waals surface area contributed by atoms with Crippen LogP contribution < -0.4 is 0 Å². The molecule has 0 aliphatic carbocycles. The molecule has 0 aromatic carbocycles. The van der Waals surface area contributed by atoms with Gasteiger partial charge in [-0.1, -0.05) is 0 Å². The number of ether oxygens (including phenoxy) is 2. The van der Waals surface area contributed by atoms with Gasteiger partial charge in [-0.15, -0.1) is 0 Å². The van der Waals surface area contributed by atoms with E-state index in [2.05, 4.69) is 58.6 Å². The first-order chi connectivity index (χ1) is 9.22. The molecule has 1 rings (SSSR count). The minimum Gasteiger partial charge on any atom is -0.377 e. The van der Waals surface area contributed by atoms with Crippen molar-refractivity contribution in [1.82, 2.24) is 9.80 Å². The summed E-state index contributed by atoms with van der Waals surface area (Å²) in [5.41, 5.74) is -0.0587. The van der Waals surface area contributed by atoms with Gasteiger partial charge in [0.2, 0.25) is 0 Å². The van der Waals surface area contributed by atoms with Crippen molar-refractivity contribution in [3.8, 4) is 0 Å². The van der Waals surface area contributed by atoms with E-state index in [9.17, 15) is 0 Å². The fraction of sp³-hybridized carbons (Fsp3) is 1.00. The molecule has 1 unspecified atom stereocenters. The molecular formula is C16H34N2O2. The molecule has 0 radical (unpaired) electrons. The zero-order valence-corrected chi connectivity index (χ0v) is 14.5. The number of hydrogen-bond donors (Lipinski definition) is 0. The third-order valence-electron chi connectivity index (χ3n) is 4.31. The smallest absolute Gasteiger partial charge is 0.0668 e. The zero-order valence-electron chi connectivity index (χ0n) is 14.5. The summed E-state index contributed by atoms with van der Waals surface area (Å²) < 4.78 is 11.9. The summed E-state index contributed by atoms with van der Waals surface area (Å²) in [7, 11) is 6.36. The Bertz CT molecular complexity index is 280. The van der Waals surface area contributed by atoms with Gasteiger partial charge in [0.05, 0.1) is 24.9 Å². The van der Waals surface area contributed by atoms with Gasteiger partial charge in [0, 0.05) is 25.0 Å². The standard InChI is InChI=1S/C16H34N2O2/c1-13(2)19-12-15-10-14(11-18(15)7)16(3,4)20-9-8-17(5)6/h13-15H,8-12H2,1-7H3/t14?,15-/m1/s1. The molecule has 4 nitrogen and oxygen atoms in total. The second-order valence-corrected chi connectivity index (χ2v) is 7.16. The van der Waals surface area contributed by atoms with E-state index in [-0.39, 0.29) is 5.60 Å². The van der Waals surface area contributed by atoms with Crippen molar-refractivity contribution < 1.29 is 9.47 Å². The first kappa shape index (κ1) is 17.9. The van der Waals surface area contributed by atoms with Crippen molar-refractivity contribution in [3.05, 3.63) is 0 Å². The normalized spacial score (nSPS) is 25.1. The van der Waals surface area contributed by atoms with E-state index in [1.165, 1.54) is 0 Å². The zero-order chi connectivity index (χ0) is 15.3. The minimum absolute atomic E-state index is 0.0587. The summed E-state index contributed by atoms with van der Waals surface area (Å²) >= 11 is 0. The Morgan fingerprint density at radius 1 is 1.30 bits per heavy atom. The Balaban J connectivity index is 2.43. The van der Waals surface area contributed by atoms with Crippen molar-refractivity contribution in [2.24, 2.45) is 5.92 Å². The van der Waals surface area contributed by atoms with Crippen molar-refractivity contribution >= 4 is 0 Å². The van der Waals surface area contributed by atoms with Crippen LogP contribution in [0.1, 0.15) is 34.1 Å². The van der Waals surface area contributed by atoms with Gasteiger partial charge in [-0.25, -0.2) is 0 Å². The fourth-order valence-corrected chi connectivity index (χ4v) is 2.69. The van der Waals surface area contributed by atoms with Crippen molar-refractivity contribution in [3.63, 3.8) is 0 Å². The summed E-state index contributed by atoms with van der Waals surface area (Å²) in [6, 6.07) is 0.527. The first-order valence-corrected chi connectivity index (χ1v) is 7.83. The SMILES string of the molecule is CC(C)OC[C@H]1CC(C(C)(C)OCCN(C)C)CN1C. The molecule has 0 bridgehead atoms. The molecule has 20 heavy (non-hydrogen) atoms. The van der Waals surface area contributed by atoms with E-state index in [1.54, 1.807) is 0 Å². The van der Waals surface area contributed by atoms with E-state index in [0.29, 0.717) is 18.1 Å². The number of likely N-dealkylation sites (N-methyl/N-ethyl adjacent to an activating group) is 2. The van der Waals surface area contributed by atoms with Crippen LogP contribution in [0.15, 0.2) is 0 Å². The van der Waals surface area contributed by atoms with Crippen molar-refractivity contribution in [2.45, 2.75) is 51.9 Å². The largest absolute Gasteiger partial charge is 0.377 e. The molecule has 2 atom stereocenters. The van der Waals surface area contributed by atoms with Gasteiger partial charge < -0.3 is 19.3 Å². The van der Waals surface area contributed by atoms with E-state index in [0.717, 1.165) is 32.7 Å². The molecule has 120 valence electrons. The lowest BCUT2D eigenvalue weighted by Crippen LogP contribution is -2.38. The second kappa shape index (κ2) is 7.74. The van der Waals surface area contributed by atoms with Crippen LogP contribution in [0.3, 0.4) is 0 Å². The lowest BCUT2D eigenvalue weighted by molar-refractivity contribution is -0.0607. The summed E-state index contributed by atoms with van der Waals surface area (Å²) in [6.45, 7) is 12.4. The van der Waals surface area contributed by atoms with Gasteiger partial charge in [-0.05, 0) is 55.3 Å². The Morgan fingerprint density at radius 2 is 1.95 bits per heavy atom. The van der Waals surface area contributed by atoms with Gasteiger partial charge in [-0.3, -0.25) is 0 Å². The predicted octanol–water partition coefficient (Wildman–Crippen LogP) is 2.09. The van der Waals surface area contributed by atoms with Gasteiger partial charge in [-0.2, -0.15) is 0 Å². The van der Waals surface area contributed by atoms with Crippen molar-refractivity contribution in [2.75, 3.05) is 47.4 Å². The van der Waals surface area contributed by atoms with Crippen LogP contribution in [0.5, 0.6) is 0 Å². The topological polar surface area (TPSA) is 24.9 Å². The fourth-order valence-electron chi connectivity index (χ4n) is 2.69. The molecule has 4 heteroatoms. The van der Waals surface area contributed by atoms with E-state index < -0.39 is 0 Å². The van der Waals surface area contributed by atoms with Crippen LogP contribution in [0.25, 0.3) is 0 Å². The Morgan fingerprint density at radius 3 is 2.50 bits per heavy atom. The van der Waals surface area contributed by atoms with Crippen molar-refractivity contribution in [1.29, 1.82) is 0 Å². The highest BCUT2D eigenvalue weighted by molar-refractivity contribution is 4.92. The Kier molecular flexibility index (Phi) is 6.92. The molecule has 1 heterocycles. The maximum absolute atomic E-state index is 6.14. The second-order valence-electron chi connectivity index (χ2n) is 7.16. The lowest BCUT2D eigenvalue weighted by Gasteiger charge is -2.32. The van der Waals surface area contributed by atoms with Crippen LogP contribution in [0, 0.1) is 5.92 Å². The van der Waals surface area contributed by atoms with Crippen LogP contribution in [-0.4, -0.2) is 75.0 Å². The average Bonchev–Trinajstić information content (AvgIpc) is 2.68. The molecule has 0 N–H and O–H groups in total. The minimum atomic E-state index is -0.0587. The van der Waals surface area contributed by atoms with Gasteiger partial charge >= 0.3 is 0 Å². The van der Waals surface area contributed by atoms with E-state index >= 15 is 0 Å². The molecule has 0 aromatic rings. The van der Waals surface area contributed by atoms with Crippen LogP contribution in [0.4, 0.5) is 0 Å². The summed E-state index contributed by atoms with van der Waals surface area (Å²) in [6.07, 6.45) is 1.48. The highest BCUT2D eigenvalue weighted by atomic mass is 16.5. The quantitative estimate of drug-likeness (QED) is 0.682. The maximum Gasteiger partial charge on any atom is 0.0668 e. The highest BCUT2D eigenvalue weighted by Gasteiger charge is 2.39. The molecule has 1 aliphatic rings. The highest BCUT2D eigenvalue weighted by Crippen LogP contribution is 2.33. The number of hydrogen-bond acceptors (Lipinski definition) is 4. The average molecular weight is 286 g/mol. The third kappa shape index (κ3) is 5.68. The molecule has 1 fully saturated rings. The van der Waals surface area contributed by atoms with Gasteiger partial charge in [0.1, 0.15) is 0 Å². The number of rotatable bonds is 8. The molecule has 1 saturated heterocycles. The molecule has 0 saturated carbocycles. The van der Waals surface area contributed by atoms with Crippen LogP contribution in [0.2, 0.25) is 0 Å². The summed E-state index contributed by atoms with van der Waals surface area (Å²) in [5.74, 6) is 0.579. The molecule has 0 aromatic heterocycles. The van der Waals surface area contributed by atoms with Crippen LogP contribution in [-0.2, 0) is 9.47 Å². The lowest BCUT2D eigenvalue weighted by atomic mass is 9.88. The van der Waals surface area contributed by atoms with Crippen LogP contribution >= 0.6 is 0 Å². The first-order valence-electron chi connectivity index (χ1n) is 7.83. The summed E-state index contributed by atoms with van der Waals surface area (Å²) in [5, 5.41) is 0. The van der Waals surface area contributed by atoms with E-state index in [4.69, 9.17) is 9.47 Å². The maximum atomic E-state index is 6.14. The third-order valence-corrected chi connectivity index (χ3v) is 4.31. The number of nitrogens with zero attached hydrogens (tertiary/aromatic N) is 2. The van der Waals surface area contributed by atoms with Gasteiger partial charge in [0.25, 0.3) is 0 Å². The Hall–Kier alpha value is -0.160. The van der Waals surface area contributed by atoms with E-state index in [1.807, 2.05) is 0 Å². The molecule has 0 amide bonds. The molecule has 1 aliphatic heterocycles. The summed E-state index contributed by atoms with van der Waals surface area (Å²) in [4.78, 5) is 4.58. The number of likely N-dealkylation sites (tertiary alicyclic amines) is 1. The molecular weight excluding hydrogens is 252 g/mol. The predicted molar refractivity (Wildman–Crippen MR) is 84.2 cm³/mol. The molecule has 0 spiro atoms. The van der Waals surface area contributed by atoms with Gasteiger partial charge in [0.15, 0.2) is 0 Å².